The summed E-state index contributed by atoms with van der Waals surface area (Å²) in [4.78, 5) is -0.824. The van der Waals surface area contributed by atoms with E-state index in [2.05, 4.69) is 26.1 Å². The van der Waals surface area contributed by atoms with Crippen LogP contribution in [0.3, 0.4) is 0 Å². The topological polar surface area (TPSA) is 62.8 Å². The number of H-pyrrole nitrogens is 1. The Balaban J connectivity index is 2.71. The molecule has 1 aromatic carbocycles. The first-order valence-corrected chi connectivity index (χ1v) is 7.12. The normalized spacial score (nSPS) is 12.6. The molecule has 0 aliphatic carbocycles. The Labute approximate surface area is 114 Å². The third-order valence-electron chi connectivity index (χ3n) is 2.29. The first-order chi connectivity index (χ1) is 8.73. The lowest BCUT2D eigenvalue weighted by Gasteiger charge is -2.12. The predicted octanol–water partition coefficient (Wildman–Crippen LogP) is 3.02. The molecule has 0 amide bonds. The van der Waals surface area contributed by atoms with Crippen LogP contribution >= 0.6 is 15.9 Å². The van der Waals surface area contributed by atoms with Gasteiger partial charge in [-0.1, -0.05) is 15.9 Å². The van der Waals surface area contributed by atoms with Crippen molar-refractivity contribution in [2.24, 2.45) is 0 Å². The number of sulfone groups is 1. The van der Waals surface area contributed by atoms with Crippen molar-refractivity contribution < 1.29 is 21.6 Å². The van der Waals surface area contributed by atoms with Crippen molar-refractivity contribution in [1.29, 1.82) is 0 Å². The lowest BCUT2D eigenvalue weighted by molar-refractivity contribution is -0.139. The molecule has 0 atom stereocenters. The van der Waals surface area contributed by atoms with E-state index >= 15 is 0 Å². The van der Waals surface area contributed by atoms with Crippen molar-refractivity contribution in [3.8, 4) is 0 Å². The number of nitrogens with zero attached hydrogens (tertiary/aromatic N) is 1. The smallest absolute Gasteiger partial charge is 0.284 e. The van der Waals surface area contributed by atoms with Crippen LogP contribution in [-0.4, -0.2) is 18.6 Å². The fraction of sp³-hybridized carbons (Fsp3) is 0.100. The highest BCUT2D eigenvalue weighted by molar-refractivity contribution is 9.10. The van der Waals surface area contributed by atoms with Gasteiger partial charge >= 0.3 is 6.18 Å². The van der Waals surface area contributed by atoms with Crippen LogP contribution in [0.1, 0.15) is 5.56 Å². The van der Waals surface area contributed by atoms with Crippen molar-refractivity contribution in [2.75, 3.05) is 0 Å². The van der Waals surface area contributed by atoms with E-state index in [-0.39, 0.29) is 4.47 Å². The van der Waals surface area contributed by atoms with E-state index in [1.165, 1.54) is 12.3 Å². The summed E-state index contributed by atoms with van der Waals surface area (Å²) in [7, 11) is -4.31. The number of aromatic amines is 1. The van der Waals surface area contributed by atoms with Gasteiger partial charge in [-0.05, 0) is 24.3 Å². The molecule has 2 rings (SSSR count). The third kappa shape index (κ3) is 2.66. The predicted molar refractivity (Wildman–Crippen MR) is 63.2 cm³/mol. The molecule has 0 radical (unpaired) electrons. The minimum atomic E-state index is -4.78. The minimum absolute atomic E-state index is 0.140. The number of alkyl halides is 3. The van der Waals surface area contributed by atoms with Crippen LogP contribution in [0.4, 0.5) is 13.2 Å². The van der Waals surface area contributed by atoms with Crippen LogP contribution in [0, 0.1) is 0 Å². The molecule has 0 saturated heterocycles. The van der Waals surface area contributed by atoms with Crippen LogP contribution in [0.25, 0.3) is 0 Å². The molecule has 0 aliphatic rings. The van der Waals surface area contributed by atoms with E-state index in [0.717, 1.165) is 18.2 Å². The number of hydrogen-bond donors (Lipinski definition) is 1. The third-order valence-corrected chi connectivity index (χ3v) is 4.49. The molecule has 102 valence electrons. The molecule has 2 aromatic rings. The van der Waals surface area contributed by atoms with Crippen molar-refractivity contribution in [2.45, 2.75) is 16.1 Å². The minimum Gasteiger partial charge on any atom is -0.284 e. The zero-order valence-electron chi connectivity index (χ0n) is 9.07. The van der Waals surface area contributed by atoms with Gasteiger partial charge in [-0.3, -0.25) is 5.10 Å². The van der Waals surface area contributed by atoms with Gasteiger partial charge in [0.2, 0.25) is 9.84 Å². The molecule has 4 nitrogen and oxygen atoms in total. The zero-order chi connectivity index (χ0) is 14.3. The number of hydrogen-bond acceptors (Lipinski definition) is 3. The highest BCUT2D eigenvalue weighted by Crippen LogP contribution is 2.37. The molecule has 0 bridgehead atoms. The Morgan fingerprint density at radius 3 is 2.42 bits per heavy atom. The van der Waals surface area contributed by atoms with Gasteiger partial charge in [0, 0.05) is 10.7 Å². The van der Waals surface area contributed by atoms with E-state index in [1.807, 2.05) is 0 Å². The van der Waals surface area contributed by atoms with Crippen molar-refractivity contribution >= 4 is 25.8 Å². The molecule has 1 heterocycles. The first kappa shape index (κ1) is 14.1. The van der Waals surface area contributed by atoms with Crippen molar-refractivity contribution in [3.05, 3.63) is 40.5 Å². The molecular weight excluding hydrogens is 349 g/mol. The molecule has 0 aliphatic heterocycles. The second-order valence-electron chi connectivity index (χ2n) is 3.55. The largest absolute Gasteiger partial charge is 0.417 e. The highest BCUT2D eigenvalue weighted by Gasteiger charge is 2.38. The maximum absolute atomic E-state index is 12.9. The summed E-state index contributed by atoms with van der Waals surface area (Å²) in [5.74, 6) is 0. The monoisotopic (exact) mass is 354 g/mol. The van der Waals surface area contributed by atoms with Crippen molar-refractivity contribution in [3.63, 3.8) is 0 Å². The van der Waals surface area contributed by atoms with Gasteiger partial charge in [-0.15, -0.1) is 0 Å². The van der Waals surface area contributed by atoms with Crippen LogP contribution in [0.5, 0.6) is 0 Å². The summed E-state index contributed by atoms with van der Waals surface area (Å²) in [6.45, 7) is 0. The van der Waals surface area contributed by atoms with Crippen LogP contribution in [0.15, 0.2) is 44.9 Å². The van der Waals surface area contributed by atoms with Crippen LogP contribution < -0.4 is 0 Å². The summed E-state index contributed by atoms with van der Waals surface area (Å²) >= 11 is 2.89. The Morgan fingerprint density at radius 2 is 1.89 bits per heavy atom. The SMILES string of the molecule is O=S(=O)(c1cc[nH]n1)c1ccc(Br)cc1C(F)(F)F. The number of rotatable bonds is 2. The van der Waals surface area contributed by atoms with Gasteiger partial charge in [0.1, 0.15) is 0 Å². The van der Waals surface area contributed by atoms with Gasteiger partial charge in [-0.25, -0.2) is 8.42 Å². The summed E-state index contributed by atoms with van der Waals surface area (Å²) in [5.41, 5.74) is -1.23. The molecule has 0 spiro atoms. The Morgan fingerprint density at radius 1 is 1.21 bits per heavy atom. The number of aromatic nitrogens is 2. The maximum Gasteiger partial charge on any atom is 0.417 e. The average molecular weight is 355 g/mol. The molecule has 0 unspecified atom stereocenters. The molecule has 9 heteroatoms. The van der Waals surface area contributed by atoms with Gasteiger partial charge in [0.15, 0.2) is 5.03 Å². The second kappa shape index (κ2) is 4.64. The number of nitrogens with one attached hydrogen (secondary N) is 1. The molecule has 0 fully saturated rings. The fourth-order valence-corrected chi connectivity index (χ4v) is 3.18. The summed E-state index contributed by atoms with van der Waals surface area (Å²) in [5, 5.41) is 5.22. The molecule has 19 heavy (non-hydrogen) atoms. The van der Waals surface area contributed by atoms with E-state index < -0.39 is 31.5 Å². The van der Waals surface area contributed by atoms with Crippen LogP contribution in [0.2, 0.25) is 0 Å². The fourth-order valence-electron chi connectivity index (χ4n) is 1.47. The van der Waals surface area contributed by atoms with Crippen LogP contribution in [-0.2, 0) is 16.0 Å². The van der Waals surface area contributed by atoms with Gasteiger partial charge in [0.05, 0.1) is 10.5 Å². The van der Waals surface area contributed by atoms with Gasteiger partial charge in [0.25, 0.3) is 0 Å². The highest BCUT2D eigenvalue weighted by atomic mass is 79.9. The molecule has 1 aromatic heterocycles. The van der Waals surface area contributed by atoms with Gasteiger partial charge < -0.3 is 0 Å². The molecule has 1 N–H and O–H groups in total. The average Bonchev–Trinajstić information content (AvgIpc) is 2.81. The lowest BCUT2D eigenvalue weighted by atomic mass is 10.2. The Hall–Kier alpha value is -1.35. The molecule has 0 saturated carbocycles. The van der Waals surface area contributed by atoms with E-state index in [1.54, 1.807) is 0 Å². The first-order valence-electron chi connectivity index (χ1n) is 4.84. The number of benzene rings is 1. The van der Waals surface area contributed by atoms with E-state index in [0.29, 0.717) is 0 Å². The van der Waals surface area contributed by atoms with Gasteiger partial charge in [-0.2, -0.15) is 18.3 Å². The Kier molecular flexibility index (Phi) is 3.43. The Bertz CT molecular complexity index is 696. The van der Waals surface area contributed by atoms with E-state index in [4.69, 9.17) is 0 Å². The quantitative estimate of drug-likeness (QED) is 0.901. The number of halogens is 4. The maximum atomic E-state index is 12.9. The van der Waals surface area contributed by atoms with E-state index in [9.17, 15) is 21.6 Å². The summed E-state index contributed by atoms with van der Waals surface area (Å²) in [6.07, 6.45) is -3.55. The summed E-state index contributed by atoms with van der Waals surface area (Å²) < 4.78 is 63.0. The second-order valence-corrected chi connectivity index (χ2v) is 6.33. The molecular formula is C10H6BrF3N2O2S. The lowest BCUT2D eigenvalue weighted by Crippen LogP contribution is -2.14. The zero-order valence-corrected chi connectivity index (χ0v) is 11.5. The standard InChI is InChI=1S/C10H6BrF3N2O2S/c11-6-1-2-8(7(5-6)10(12,13)14)19(17,18)9-3-4-15-16-9/h1-5H,(H,15,16). The van der Waals surface area contributed by atoms with Crippen molar-refractivity contribution in [1.82, 2.24) is 10.2 Å². The summed E-state index contributed by atoms with van der Waals surface area (Å²) in [6, 6.07) is 3.95.